The number of anilines is 1. The molecule has 0 aliphatic heterocycles. The second-order valence-corrected chi connectivity index (χ2v) is 14.2. The van der Waals surface area contributed by atoms with Crippen molar-refractivity contribution in [2.75, 3.05) is 11.6 Å². The van der Waals surface area contributed by atoms with Crippen molar-refractivity contribution in [3.05, 3.63) is 59.7 Å². The molecule has 0 saturated carbocycles. The van der Waals surface area contributed by atoms with Gasteiger partial charge in [-0.2, -0.15) is 0 Å². The van der Waals surface area contributed by atoms with E-state index in [9.17, 15) is 8.42 Å². The van der Waals surface area contributed by atoms with E-state index in [4.69, 9.17) is 0 Å². The molecule has 0 unspecified atom stereocenters. The van der Waals surface area contributed by atoms with Crippen LogP contribution in [-0.4, -0.2) is 22.7 Å². The van der Waals surface area contributed by atoms with Gasteiger partial charge in [0.15, 0.2) is 9.84 Å². The summed E-state index contributed by atoms with van der Waals surface area (Å²) in [4.78, 5) is 0. The Kier molecular flexibility index (Phi) is 5.32. The standard InChI is InChI=1S/C18H25NO2SSi/c1-22(20,21)14-16-7-5-6-8-18(16)19-13-15-9-11-17(12-10-15)23(2,3)4/h5-12,19H,13-14H2,1-4H3. The van der Waals surface area contributed by atoms with Gasteiger partial charge in [0.2, 0.25) is 0 Å². The lowest BCUT2D eigenvalue weighted by molar-refractivity contribution is 0.601. The SMILES string of the molecule is C[Si](C)(C)c1ccc(CNc2ccccc2CS(C)(=O)=O)cc1. The van der Waals surface area contributed by atoms with Gasteiger partial charge in [0.1, 0.15) is 0 Å². The molecule has 0 spiro atoms. The molecule has 0 atom stereocenters. The summed E-state index contributed by atoms with van der Waals surface area (Å²) in [5, 5.41) is 4.80. The molecule has 3 nitrogen and oxygen atoms in total. The van der Waals surface area contributed by atoms with Gasteiger partial charge >= 0.3 is 0 Å². The van der Waals surface area contributed by atoms with Crippen LogP contribution < -0.4 is 10.5 Å². The molecule has 5 heteroatoms. The summed E-state index contributed by atoms with van der Waals surface area (Å²) < 4.78 is 23.1. The molecule has 2 aromatic carbocycles. The van der Waals surface area contributed by atoms with E-state index in [1.807, 2.05) is 24.3 Å². The number of rotatable bonds is 6. The zero-order chi connectivity index (χ0) is 17.1. The Hall–Kier alpha value is -1.59. The summed E-state index contributed by atoms with van der Waals surface area (Å²) in [6.45, 7) is 7.69. The number of nitrogens with one attached hydrogen (secondary N) is 1. The van der Waals surface area contributed by atoms with Crippen LogP contribution in [0, 0.1) is 0 Å². The van der Waals surface area contributed by atoms with Crippen LogP contribution in [0.2, 0.25) is 19.6 Å². The van der Waals surface area contributed by atoms with Crippen LogP contribution in [0.1, 0.15) is 11.1 Å². The molecule has 124 valence electrons. The van der Waals surface area contributed by atoms with Crippen LogP contribution in [0.4, 0.5) is 5.69 Å². The fraction of sp³-hybridized carbons (Fsp3) is 0.333. The topological polar surface area (TPSA) is 46.2 Å². The molecule has 0 amide bonds. The zero-order valence-corrected chi connectivity index (χ0v) is 16.1. The highest BCUT2D eigenvalue weighted by molar-refractivity contribution is 7.89. The number of benzene rings is 2. The van der Waals surface area contributed by atoms with Crippen molar-refractivity contribution in [1.29, 1.82) is 0 Å². The molecule has 0 aromatic heterocycles. The number of para-hydroxylation sites is 1. The Balaban J connectivity index is 2.09. The molecule has 2 rings (SSSR count). The van der Waals surface area contributed by atoms with E-state index < -0.39 is 17.9 Å². The Morgan fingerprint density at radius 1 is 0.957 bits per heavy atom. The first-order chi connectivity index (χ1) is 10.6. The van der Waals surface area contributed by atoms with Crippen LogP contribution in [0.5, 0.6) is 0 Å². The molecule has 23 heavy (non-hydrogen) atoms. The summed E-state index contributed by atoms with van der Waals surface area (Å²) in [5.74, 6) is 0.0603. The van der Waals surface area contributed by atoms with Gasteiger partial charge in [0.25, 0.3) is 0 Å². The quantitative estimate of drug-likeness (QED) is 0.815. The molecule has 0 heterocycles. The van der Waals surface area contributed by atoms with E-state index in [0.29, 0.717) is 6.54 Å². The minimum atomic E-state index is -3.04. The second kappa shape index (κ2) is 6.89. The van der Waals surface area contributed by atoms with Crippen LogP contribution in [0.3, 0.4) is 0 Å². The summed E-state index contributed by atoms with van der Waals surface area (Å²) >= 11 is 0. The van der Waals surface area contributed by atoms with Gasteiger partial charge in [-0.25, -0.2) is 8.42 Å². The summed E-state index contributed by atoms with van der Waals surface area (Å²) in [7, 11) is -4.31. The first-order valence-corrected chi connectivity index (χ1v) is 13.3. The van der Waals surface area contributed by atoms with Crippen molar-refractivity contribution < 1.29 is 8.42 Å². The fourth-order valence-corrected chi connectivity index (χ4v) is 4.40. The number of hydrogen-bond acceptors (Lipinski definition) is 3. The van der Waals surface area contributed by atoms with Crippen LogP contribution in [0.25, 0.3) is 0 Å². The van der Waals surface area contributed by atoms with Gasteiger partial charge in [-0.15, -0.1) is 0 Å². The van der Waals surface area contributed by atoms with Crippen molar-refractivity contribution in [3.63, 3.8) is 0 Å². The normalized spacial score (nSPS) is 12.2. The maximum absolute atomic E-state index is 11.5. The first-order valence-electron chi connectivity index (χ1n) is 7.74. The molecule has 0 saturated heterocycles. The number of sulfone groups is 1. The van der Waals surface area contributed by atoms with Crippen LogP contribution in [0.15, 0.2) is 48.5 Å². The van der Waals surface area contributed by atoms with Gasteiger partial charge in [-0.1, -0.05) is 67.3 Å². The van der Waals surface area contributed by atoms with Crippen molar-refractivity contribution in [3.8, 4) is 0 Å². The lowest BCUT2D eigenvalue weighted by Gasteiger charge is -2.17. The van der Waals surface area contributed by atoms with Gasteiger partial charge < -0.3 is 5.32 Å². The Labute approximate surface area is 140 Å². The monoisotopic (exact) mass is 347 g/mol. The predicted molar refractivity (Wildman–Crippen MR) is 102 cm³/mol. The first kappa shape index (κ1) is 17.8. The van der Waals surface area contributed by atoms with Gasteiger partial charge in [0.05, 0.1) is 13.8 Å². The van der Waals surface area contributed by atoms with Crippen LogP contribution >= 0.6 is 0 Å². The lowest BCUT2D eigenvalue weighted by Crippen LogP contribution is -2.37. The molecule has 2 aromatic rings. The second-order valence-electron chi connectivity index (χ2n) is 7.03. The van der Waals surface area contributed by atoms with E-state index in [0.717, 1.165) is 11.3 Å². The van der Waals surface area contributed by atoms with Gasteiger partial charge in [-0.05, 0) is 17.2 Å². The van der Waals surface area contributed by atoms with Crippen molar-refractivity contribution in [2.24, 2.45) is 0 Å². The van der Waals surface area contributed by atoms with Crippen molar-refractivity contribution >= 4 is 28.8 Å². The Morgan fingerprint density at radius 2 is 1.57 bits per heavy atom. The van der Waals surface area contributed by atoms with Gasteiger partial charge in [-0.3, -0.25) is 0 Å². The molecular weight excluding hydrogens is 322 g/mol. The third-order valence-corrected chi connectivity index (χ3v) is 6.64. The minimum Gasteiger partial charge on any atom is -0.381 e. The largest absolute Gasteiger partial charge is 0.381 e. The van der Waals surface area contributed by atoms with E-state index in [-0.39, 0.29) is 5.75 Å². The highest BCUT2D eigenvalue weighted by atomic mass is 32.2. The molecular formula is C18H25NO2SSi. The van der Waals surface area contributed by atoms with Gasteiger partial charge in [0, 0.05) is 18.5 Å². The highest BCUT2D eigenvalue weighted by Gasteiger charge is 2.15. The summed E-state index contributed by atoms with van der Waals surface area (Å²) in [5.41, 5.74) is 2.89. The predicted octanol–water partition coefficient (Wildman–Crippen LogP) is 3.39. The Morgan fingerprint density at radius 3 is 2.13 bits per heavy atom. The average molecular weight is 348 g/mol. The lowest BCUT2D eigenvalue weighted by atomic mass is 10.2. The molecule has 0 bridgehead atoms. The zero-order valence-electron chi connectivity index (χ0n) is 14.3. The average Bonchev–Trinajstić information content (AvgIpc) is 2.44. The smallest absolute Gasteiger partial charge is 0.151 e. The summed E-state index contributed by atoms with van der Waals surface area (Å²) in [6.07, 6.45) is 1.26. The van der Waals surface area contributed by atoms with Crippen molar-refractivity contribution in [2.45, 2.75) is 31.9 Å². The van der Waals surface area contributed by atoms with E-state index >= 15 is 0 Å². The highest BCUT2D eigenvalue weighted by Crippen LogP contribution is 2.18. The molecule has 0 aliphatic rings. The van der Waals surface area contributed by atoms with E-state index in [1.54, 1.807) is 0 Å². The summed E-state index contributed by atoms with van der Waals surface area (Å²) in [6, 6.07) is 16.3. The Bertz CT molecular complexity index is 762. The third kappa shape index (κ3) is 5.52. The van der Waals surface area contributed by atoms with Crippen molar-refractivity contribution in [1.82, 2.24) is 0 Å². The molecule has 1 N–H and O–H groups in total. The minimum absolute atomic E-state index is 0.0603. The molecule has 0 fully saturated rings. The van der Waals surface area contributed by atoms with E-state index in [2.05, 4.69) is 49.2 Å². The third-order valence-electron chi connectivity index (χ3n) is 3.74. The number of hydrogen-bond donors (Lipinski definition) is 1. The maximum atomic E-state index is 11.5. The maximum Gasteiger partial charge on any atom is 0.151 e. The molecule has 0 aliphatic carbocycles. The molecule has 0 radical (unpaired) electrons. The fourth-order valence-electron chi connectivity index (χ4n) is 2.42. The van der Waals surface area contributed by atoms with Crippen LogP contribution in [-0.2, 0) is 22.1 Å². The van der Waals surface area contributed by atoms with E-state index in [1.165, 1.54) is 17.0 Å².